The smallest absolute Gasteiger partial charge is 0.410 e. The van der Waals surface area contributed by atoms with Gasteiger partial charge in [-0.25, -0.2) is 18.2 Å². The molecule has 0 atom stereocenters. The topological polar surface area (TPSA) is 136 Å². The number of aromatic nitrogens is 2. The first-order valence-electron chi connectivity index (χ1n) is 14.3. The van der Waals surface area contributed by atoms with Crippen molar-refractivity contribution in [2.24, 2.45) is 0 Å². The van der Waals surface area contributed by atoms with Gasteiger partial charge in [-0.2, -0.15) is 0 Å². The number of anilines is 2. The molecular weight excluding hydrogens is 606 g/mol. The fourth-order valence-corrected chi connectivity index (χ4v) is 7.10. The van der Waals surface area contributed by atoms with Gasteiger partial charge in [0.25, 0.3) is 10.0 Å². The lowest BCUT2D eigenvalue weighted by Crippen LogP contribution is -2.39. The Kier molecular flexibility index (Phi) is 8.93. The maximum Gasteiger partial charge on any atom is 0.410 e. The van der Waals surface area contributed by atoms with E-state index >= 15 is 0 Å². The van der Waals surface area contributed by atoms with Crippen molar-refractivity contribution in [1.29, 1.82) is 0 Å². The molecule has 0 radical (unpaired) electrons. The molecule has 1 aliphatic heterocycles. The molecule has 236 valence electrons. The second-order valence-corrected chi connectivity index (χ2v) is 14.0. The van der Waals surface area contributed by atoms with Gasteiger partial charge in [0, 0.05) is 31.7 Å². The van der Waals surface area contributed by atoms with Gasteiger partial charge in [0.2, 0.25) is 0 Å². The maximum atomic E-state index is 13.4. The number of aryl methyl sites for hydroxylation is 1. The predicted octanol–water partition coefficient (Wildman–Crippen LogP) is 5.78. The summed E-state index contributed by atoms with van der Waals surface area (Å²) in [5, 5.41) is 6.11. The van der Waals surface area contributed by atoms with E-state index in [1.165, 1.54) is 25.6 Å². The van der Waals surface area contributed by atoms with Crippen LogP contribution in [-0.4, -0.2) is 75.6 Å². The van der Waals surface area contributed by atoms with E-state index in [0.29, 0.717) is 42.8 Å². The highest BCUT2D eigenvalue weighted by molar-refractivity contribution is 7.92. The Labute approximate surface area is 260 Å². The molecule has 2 aromatic heterocycles. The van der Waals surface area contributed by atoms with Crippen LogP contribution in [-0.2, 0) is 21.2 Å². The van der Waals surface area contributed by atoms with Crippen molar-refractivity contribution in [2.45, 2.75) is 51.0 Å². The summed E-state index contributed by atoms with van der Waals surface area (Å²) in [6.45, 7) is 10.1. The molecule has 3 heterocycles. The Balaban J connectivity index is 1.37. The van der Waals surface area contributed by atoms with Crippen LogP contribution in [0.5, 0.6) is 11.5 Å². The highest BCUT2D eigenvalue weighted by atomic mass is 32.2. The fraction of sp³-hybridized carbons (Fsp3) is 0.433. The van der Waals surface area contributed by atoms with E-state index < -0.39 is 15.6 Å². The van der Waals surface area contributed by atoms with Crippen LogP contribution in [0, 0.1) is 0 Å². The largest absolute Gasteiger partial charge is 0.496 e. The van der Waals surface area contributed by atoms with Crippen molar-refractivity contribution in [3.05, 3.63) is 42.1 Å². The summed E-state index contributed by atoms with van der Waals surface area (Å²) < 4.78 is 51.5. The zero-order valence-electron chi connectivity index (χ0n) is 25.7. The van der Waals surface area contributed by atoms with Gasteiger partial charge < -0.3 is 28.5 Å². The molecule has 12 nitrogen and oxygen atoms in total. The van der Waals surface area contributed by atoms with Gasteiger partial charge in [0.1, 0.15) is 37.4 Å². The molecule has 1 N–H and O–H groups in total. The SMILES string of the molecule is CCc1ccc(OC)c(S(=O)(=O)Nc2noc3cc(-c4ncc(N5CCCN(C(=O)OC(C)(C)C)CC5)s4)cc(OC)c23)c1. The average molecular weight is 644 g/mol. The van der Waals surface area contributed by atoms with Crippen LogP contribution < -0.4 is 19.1 Å². The minimum absolute atomic E-state index is 0.00382. The van der Waals surface area contributed by atoms with E-state index in [-0.39, 0.29) is 22.6 Å². The number of carbonyl (C=O) groups excluding carboxylic acids is 1. The van der Waals surface area contributed by atoms with Crippen LogP contribution in [0.1, 0.15) is 39.7 Å². The second kappa shape index (κ2) is 12.5. The number of carbonyl (C=O) groups is 1. The number of ether oxygens (including phenoxy) is 3. The summed E-state index contributed by atoms with van der Waals surface area (Å²) in [4.78, 5) is 21.2. The van der Waals surface area contributed by atoms with Crippen molar-refractivity contribution in [3.63, 3.8) is 0 Å². The molecule has 1 fully saturated rings. The Hall–Kier alpha value is -4.04. The predicted molar refractivity (Wildman–Crippen MR) is 169 cm³/mol. The number of nitrogens with one attached hydrogen (secondary N) is 1. The maximum absolute atomic E-state index is 13.4. The molecule has 0 spiro atoms. The minimum Gasteiger partial charge on any atom is -0.496 e. The Bertz CT molecular complexity index is 1760. The third-order valence-corrected chi connectivity index (χ3v) is 9.58. The summed E-state index contributed by atoms with van der Waals surface area (Å²) >= 11 is 1.51. The number of nitrogens with zero attached hydrogens (tertiary/aromatic N) is 4. The number of fused-ring (bicyclic) bond motifs is 1. The summed E-state index contributed by atoms with van der Waals surface area (Å²) in [6.07, 6.45) is 2.98. The molecule has 0 aliphatic carbocycles. The molecule has 0 bridgehead atoms. The molecule has 0 saturated carbocycles. The van der Waals surface area contributed by atoms with Crippen molar-refractivity contribution < 1.29 is 31.9 Å². The Morgan fingerprint density at radius 1 is 1.07 bits per heavy atom. The number of methoxy groups -OCH3 is 2. The third kappa shape index (κ3) is 6.70. The van der Waals surface area contributed by atoms with E-state index in [9.17, 15) is 13.2 Å². The molecule has 1 saturated heterocycles. The second-order valence-electron chi connectivity index (χ2n) is 11.3. The monoisotopic (exact) mass is 643 g/mol. The summed E-state index contributed by atoms with van der Waals surface area (Å²) in [5.74, 6) is 0.606. The fourth-order valence-electron chi connectivity index (χ4n) is 4.92. The van der Waals surface area contributed by atoms with Gasteiger partial charge in [-0.05, 0) is 63.4 Å². The molecule has 1 aliphatic rings. The standard InChI is InChI=1S/C30H37N5O7S2/c1-7-19-9-10-21(39-5)24(15-19)44(37,38)33-27-26-22(40-6)16-20(17-23(26)42-32-27)28-31-18-25(43-28)34-11-8-12-35(14-13-34)29(36)41-30(2,3)4/h9-10,15-18H,7-8,11-14H2,1-6H3,(H,32,33). The van der Waals surface area contributed by atoms with Crippen LogP contribution in [0.4, 0.5) is 15.6 Å². The highest BCUT2D eigenvalue weighted by Gasteiger charge is 2.27. The first-order chi connectivity index (χ1) is 20.9. The zero-order chi connectivity index (χ0) is 31.6. The van der Waals surface area contributed by atoms with Gasteiger partial charge in [-0.15, -0.1) is 0 Å². The van der Waals surface area contributed by atoms with Crippen LogP contribution in [0.15, 0.2) is 45.9 Å². The molecule has 5 rings (SSSR count). The average Bonchev–Trinajstić information content (AvgIpc) is 3.55. The highest BCUT2D eigenvalue weighted by Crippen LogP contribution is 2.40. The van der Waals surface area contributed by atoms with Crippen LogP contribution in [0.25, 0.3) is 21.5 Å². The number of rotatable bonds is 8. The van der Waals surface area contributed by atoms with Crippen molar-refractivity contribution in [1.82, 2.24) is 15.0 Å². The Morgan fingerprint density at radius 3 is 2.55 bits per heavy atom. The van der Waals surface area contributed by atoms with E-state index in [1.807, 2.05) is 40.0 Å². The number of hydrogen-bond donors (Lipinski definition) is 1. The summed E-state index contributed by atoms with van der Waals surface area (Å²) in [5.41, 5.74) is 1.38. The lowest BCUT2D eigenvalue weighted by molar-refractivity contribution is 0.0263. The number of hydrogen-bond acceptors (Lipinski definition) is 11. The van der Waals surface area contributed by atoms with Crippen molar-refractivity contribution >= 4 is 49.2 Å². The van der Waals surface area contributed by atoms with E-state index in [1.54, 1.807) is 29.2 Å². The third-order valence-electron chi connectivity index (χ3n) is 7.11. The van der Waals surface area contributed by atoms with E-state index in [4.69, 9.17) is 18.7 Å². The number of sulfonamides is 1. The lowest BCUT2D eigenvalue weighted by Gasteiger charge is -2.26. The molecule has 2 aromatic carbocycles. The van der Waals surface area contributed by atoms with E-state index in [0.717, 1.165) is 34.1 Å². The molecular formula is C30H37N5O7S2. The normalized spacial score (nSPS) is 14.4. The summed E-state index contributed by atoms with van der Waals surface area (Å²) in [7, 11) is -1.15. The number of benzene rings is 2. The van der Waals surface area contributed by atoms with Gasteiger partial charge in [-0.1, -0.05) is 29.5 Å². The first-order valence-corrected chi connectivity index (χ1v) is 16.6. The van der Waals surface area contributed by atoms with Gasteiger partial charge in [0.05, 0.1) is 20.4 Å². The first kappa shape index (κ1) is 31.4. The number of thiazole rings is 1. The van der Waals surface area contributed by atoms with E-state index in [2.05, 4.69) is 19.8 Å². The molecule has 14 heteroatoms. The lowest BCUT2D eigenvalue weighted by atomic mass is 10.1. The van der Waals surface area contributed by atoms with Crippen LogP contribution in [0.3, 0.4) is 0 Å². The van der Waals surface area contributed by atoms with Crippen molar-refractivity contribution in [3.8, 4) is 22.1 Å². The molecule has 0 unspecified atom stereocenters. The molecule has 4 aromatic rings. The molecule has 1 amide bonds. The quantitative estimate of drug-likeness (QED) is 0.252. The van der Waals surface area contributed by atoms with Gasteiger partial charge in [0.15, 0.2) is 11.4 Å². The van der Waals surface area contributed by atoms with Crippen LogP contribution >= 0.6 is 11.3 Å². The number of amides is 1. The van der Waals surface area contributed by atoms with Gasteiger partial charge in [-0.3, -0.25) is 4.72 Å². The van der Waals surface area contributed by atoms with Gasteiger partial charge >= 0.3 is 6.09 Å². The zero-order valence-corrected chi connectivity index (χ0v) is 27.3. The summed E-state index contributed by atoms with van der Waals surface area (Å²) in [6, 6.07) is 8.58. The minimum atomic E-state index is -4.07. The van der Waals surface area contributed by atoms with Crippen LogP contribution in [0.2, 0.25) is 0 Å². The Morgan fingerprint density at radius 2 is 1.84 bits per heavy atom. The van der Waals surface area contributed by atoms with Crippen molar-refractivity contribution in [2.75, 3.05) is 50.0 Å². The molecule has 44 heavy (non-hydrogen) atoms.